The SMILES string of the molecule is COc1cc(C=NCc2ccccc2)ccc1OC(=O)c1cc(OC)c(OC)c(OC)c1. The molecule has 0 amide bonds. The van der Waals surface area contributed by atoms with Crippen LogP contribution in [0.1, 0.15) is 21.5 Å². The van der Waals surface area contributed by atoms with Crippen LogP contribution in [0.3, 0.4) is 0 Å². The number of benzene rings is 3. The van der Waals surface area contributed by atoms with E-state index >= 15 is 0 Å². The van der Waals surface area contributed by atoms with Gasteiger partial charge in [0.1, 0.15) is 0 Å². The van der Waals surface area contributed by atoms with Gasteiger partial charge in [-0.1, -0.05) is 30.3 Å². The molecule has 0 radical (unpaired) electrons. The monoisotopic (exact) mass is 435 g/mol. The van der Waals surface area contributed by atoms with Crippen LogP contribution in [0, 0.1) is 0 Å². The Bertz CT molecular complexity index is 1070. The van der Waals surface area contributed by atoms with Crippen molar-refractivity contribution in [2.75, 3.05) is 28.4 Å². The van der Waals surface area contributed by atoms with Gasteiger partial charge in [0.15, 0.2) is 23.0 Å². The molecule has 0 saturated heterocycles. The summed E-state index contributed by atoms with van der Waals surface area (Å²) in [5.74, 6) is 1.21. The maximum absolute atomic E-state index is 12.8. The zero-order valence-electron chi connectivity index (χ0n) is 18.5. The Morgan fingerprint density at radius 1 is 0.781 bits per heavy atom. The second-order valence-corrected chi connectivity index (χ2v) is 6.67. The standard InChI is InChI=1S/C25H25NO6/c1-28-21-12-18(16-26-15-17-8-6-5-7-9-17)10-11-20(21)32-25(27)19-13-22(29-2)24(31-4)23(14-19)30-3/h5-14,16H,15H2,1-4H3. The second-order valence-electron chi connectivity index (χ2n) is 6.67. The van der Waals surface area contributed by atoms with Gasteiger partial charge in [-0.3, -0.25) is 4.99 Å². The van der Waals surface area contributed by atoms with E-state index in [4.69, 9.17) is 23.7 Å². The fourth-order valence-corrected chi connectivity index (χ4v) is 3.05. The number of rotatable bonds is 9. The van der Waals surface area contributed by atoms with Crippen LogP contribution in [-0.2, 0) is 6.54 Å². The van der Waals surface area contributed by atoms with E-state index in [9.17, 15) is 4.79 Å². The van der Waals surface area contributed by atoms with Crippen LogP contribution in [-0.4, -0.2) is 40.6 Å². The van der Waals surface area contributed by atoms with E-state index < -0.39 is 5.97 Å². The third-order valence-corrected chi connectivity index (χ3v) is 4.65. The second kappa shape index (κ2) is 10.9. The molecule has 0 spiro atoms. The van der Waals surface area contributed by atoms with Gasteiger partial charge in [0.2, 0.25) is 5.75 Å². The molecule has 7 nitrogen and oxygen atoms in total. The summed E-state index contributed by atoms with van der Waals surface area (Å²) in [6, 6.07) is 18.2. The first-order valence-corrected chi connectivity index (χ1v) is 9.83. The molecule has 0 atom stereocenters. The third-order valence-electron chi connectivity index (χ3n) is 4.65. The summed E-state index contributed by atoms with van der Waals surface area (Å²) in [7, 11) is 5.96. The summed E-state index contributed by atoms with van der Waals surface area (Å²) in [6.07, 6.45) is 1.75. The van der Waals surface area contributed by atoms with E-state index in [0.29, 0.717) is 29.5 Å². The fourth-order valence-electron chi connectivity index (χ4n) is 3.05. The van der Waals surface area contributed by atoms with Crippen LogP contribution in [0.4, 0.5) is 0 Å². The molecule has 0 heterocycles. The smallest absolute Gasteiger partial charge is 0.343 e. The highest BCUT2D eigenvalue weighted by molar-refractivity contribution is 5.93. The molecule has 32 heavy (non-hydrogen) atoms. The zero-order valence-corrected chi connectivity index (χ0v) is 18.5. The fraction of sp³-hybridized carbons (Fsp3) is 0.200. The molecule has 0 saturated carbocycles. The van der Waals surface area contributed by atoms with Crippen molar-refractivity contribution >= 4 is 12.2 Å². The van der Waals surface area contributed by atoms with E-state index in [1.165, 1.54) is 40.6 Å². The van der Waals surface area contributed by atoms with Gasteiger partial charge in [-0.25, -0.2) is 4.79 Å². The Hall–Kier alpha value is -4.00. The quantitative estimate of drug-likeness (QED) is 0.279. The van der Waals surface area contributed by atoms with Crippen molar-refractivity contribution < 1.29 is 28.5 Å². The van der Waals surface area contributed by atoms with Crippen molar-refractivity contribution in [3.63, 3.8) is 0 Å². The van der Waals surface area contributed by atoms with Gasteiger partial charge < -0.3 is 23.7 Å². The van der Waals surface area contributed by atoms with E-state index in [2.05, 4.69) is 4.99 Å². The maximum Gasteiger partial charge on any atom is 0.343 e. The molecule has 0 aliphatic carbocycles. The van der Waals surface area contributed by atoms with Crippen molar-refractivity contribution in [2.24, 2.45) is 4.99 Å². The highest BCUT2D eigenvalue weighted by Gasteiger charge is 2.19. The summed E-state index contributed by atoms with van der Waals surface area (Å²) < 4.78 is 26.9. The highest BCUT2D eigenvalue weighted by Crippen LogP contribution is 2.38. The lowest BCUT2D eigenvalue weighted by molar-refractivity contribution is 0.0729. The Morgan fingerprint density at radius 2 is 1.44 bits per heavy atom. The number of esters is 1. The Balaban J connectivity index is 1.78. The summed E-state index contributed by atoms with van der Waals surface area (Å²) in [4.78, 5) is 17.2. The lowest BCUT2D eigenvalue weighted by Gasteiger charge is -2.14. The Morgan fingerprint density at radius 3 is 2.03 bits per heavy atom. The van der Waals surface area contributed by atoms with Crippen LogP contribution in [0.5, 0.6) is 28.7 Å². The molecule has 3 aromatic rings. The number of methoxy groups -OCH3 is 4. The molecule has 0 aliphatic rings. The van der Waals surface area contributed by atoms with Gasteiger partial charge in [-0.2, -0.15) is 0 Å². The first-order chi connectivity index (χ1) is 15.6. The van der Waals surface area contributed by atoms with E-state index in [1.807, 2.05) is 30.3 Å². The molecule has 7 heteroatoms. The predicted octanol–water partition coefficient (Wildman–Crippen LogP) is 4.56. The molecular formula is C25H25NO6. The topological polar surface area (TPSA) is 75.6 Å². The summed E-state index contributed by atoms with van der Waals surface area (Å²) in [5.41, 5.74) is 2.19. The van der Waals surface area contributed by atoms with Gasteiger partial charge in [-0.15, -0.1) is 0 Å². The molecular weight excluding hydrogens is 410 g/mol. The first-order valence-electron chi connectivity index (χ1n) is 9.83. The number of hydrogen-bond acceptors (Lipinski definition) is 7. The molecule has 3 rings (SSSR count). The van der Waals surface area contributed by atoms with Crippen LogP contribution in [0.25, 0.3) is 0 Å². The number of carbonyl (C=O) groups is 1. The summed E-state index contributed by atoms with van der Waals surface area (Å²) >= 11 is 0. The average Bonchev–Trinajstić information content (AvgIpc) is 2.84. The molecule has 0 fully saturated rings. The predicted molar refractivity (Wildman–Crippen MR) is 122 cm³/mol. The van der Waals surface area contributed by atoms with E-state index in [-0.39, 0.29) is 11.3 Å². The molecule has 3 aromatic carbocycles. The van der Waals surface area contributed by atoms with Crippen LogP contribution in [0.2, 0.25) is 0 Å². The van der Waals surface area contributed by atoms with E-state index in [0.717, 1.165) is 11.1 Å². The van der Waals surface area contributed by atoms with Gasteiger partial charge in [0.05, 0.1) is 40.5 Å². The minimum atomic E-state index is -0.590. The van der Waals surface area contributed by atoms with Crippen molar-refractivity contribution in [3.8, 4) is 28.7 Å². The number of carbonyl (C=O) groups excluding carboxylic acids is 1. The van der Waals surface area contributed by atoms with Crippen molar-refractivity contribution in [1.82, 2.24) is 0 Å². The van der Waals surface area contributed by atoms with Gasteiger partial charge >= 0.3 is 5.97 Å². The Labute approximate surface area is 187 Å². The molecule has 0 aromatic heterocycles. The van der Waals surface area contributed by atoms with Gasteiger partial charge in [0, 0.05) is 6.21 Å². The van der Waals surface area contributed by atoms with Gasteiger partial charge in [0.25, 0.3) is 0 Å². The number of ether oxygens (including phenoxy) is 5. The van der Waals surface area contributed by atoms with Crippen molar-refractivity contribution in [1.29, 1.82) is 0 Å². The molecule has 0 aliphatic heterocycles. The average molecular weight is 435 g/mol. The molecule has 0 unspecified atom stereocenters. The number of aliphatic imine (C=N–C) groups is 1. The lowest BCUT2D eigenvalue weighted by Crippen LogP contribution is -2.10. The lowest BCUT2D eigenvalue weighted by atomic mass is 10.1. The van der Waals surface area contributed by atoms with Crippen LogP contribution in [0.15, 0.2) is 65.7 Å². The maximum atomic E-state index is 12.8. The number of hydrogen-bond donors (Lipinski definition) is 0. The third kappa shape index (κ3) is 5.37. The van der Waals surface area contributed by atoms with Crippen LogP contribution >= 0.6 is 0 Å². The summed E-state index contributed by atoms with van der Waals surface area (Å²) in [5, 5.41) is 0. The molecule has 166 valence electrons. The molecule has 0 bridgehead atoms. The highest BCUT2D eigenvalue weighted by atomic mass is 16.6. The van der Waals surface area contributed by atoms with Crippen molar-refractivity contribution in [2.45, 2.75) is 6.54 Å². The largest absolute Gasteiger partial charge is 0.493 e. The molecule has 0 N–H and O–H groups in total. The minimum absolute atomic E-state index is 0.245. The number of nitrogens with zero attached hydrogens (tertiary/aromatic N) is 1. The van der Waals surface area contributed by atoms with Gasteiger partial charge in [-0.05, 0) is 41.5 Å². The summed E-state index contributed by atoms with van der Waals surface area (Å²) in [6.45, 7) is 0.570. The van der Waals surface area contributed by atoms with Crippen LogP contribution < -0.4 is 23.7 Å². The van der Waals surface area contributed by atoms with E-state index in [1.54, 1.807) is 24.4 Å². The van der Waals surface area contributed by atoms with Crippen molar-refractivity contribution in [3.05, 3.63) is 77.4 Å². The first kappa shape index (κ1) is 22.7. The zero-order chi connectivity index (χ0) is 22.9. The minimum Gasteiger partial charge on any atom is -0.493 e. The Kier molecular flexibility index (Phi) is 7.70. The normalized spacial score (nSPS) is 10.6.